The maximum Gasteiger partial charge on any atom is 0.320 e. The average molecular weight is 611 g/mol. The maximum atomic E-state index is 14.3. The van der Waals surface area contributed by atoms with Gasteiger partial charge in [-0.25, -0.2) is 0 Å². The van der Waals surface area contributed by atoms with Crippen molar-refractivity contribution in [3.8, 4) is 11.5 Å². The Bertz CT molecular complexity index is 1340. The third-order valence-corrected chi connectivity index (χ3v) is 10.1. The number of amides is 2. The number of hydrogen-bond acceptors (Lipinski definition) is 8. The zero-order chi connectivity index (χ0) is 30.6. The van der Waals surface area contributed by atoms with Crippen molar-refractivity contribution in [3.05, 3.63) is 57.9 Å². The number of esters is 1. The van der Waals surface area contributed by atoms with Crippen LogP contribution in [-0.2, 0) is 36.8 Å². The molecule has 4 atom stereocenters. The van der Waals surface area contributed by atoms with Crippen molar-refractivity contribution in [2.45, 2.75) is 70.6 Å². The largest absolute Gasteiger partial charge is 0.493 e. The summed E-state index contributed by atoms with van der Waals surface area (Å²) in [4.78, 5) is 43.9. The number of nitrogens with one attached hydrogen (secondary N) is 1. The lowest BCUT2D eigenvalue weighted by molar-refractivity contribution is -0.177. The van der Waals surface area contributed by atoms with E-state index in [0.29, 0.717) is 42.6 Å². The van der Waals surface area contributed by atoms with Crippen LogP contribution in [0.2, 0.25) is 0 Å². The van der Waals surface area contributed by atoms with Gasteiger partial charge in [-0.3, -0.25) is 14.4 Å². The van der Waals surface area contributed by atoms with Crippen LogP contribution in [0.15, 0.2) is 47.5 Å². The first-order chi connectivity index (χ1) is 20.8. The Hall–Kier alpha value is -3.37. The summed E-state index contributed by atoms with van der Waals surface area (Å²) in [6.07, 6.45) is 6.34. The first-order valence-corrected chi connectivity index (χ1v) is 16.0. The number of carbonyl (C=O) groups excluding carboxylic acids is 3. The molecule has 1 aromatic heterocycles. The molecule has 2 fully saturated rings. The van der Waals surface area contributed by atoms with Gasteiger partial charge in [0.1, 0.15) is 5.41 Å². The predicted octanol–water partition coefficient (Wildman–Crippen LogP) is 4.88. The fourth-order valence-corrected chi connectivity index (χ4v) is 7.60. The third-order valence-electron chi connectivity index (χ3n) is 9.27. The first kappa shape index (κ1) is 31.1. The fourth-order valence-electron chi connectivity index (χ4n) is 6.95. The number of hydrogen-bond donors (Lipinski definition) is 1. The molecule has 0 unspecified atom stereocenters. The third kappa shape index (κ3) is 6.31. The molecule has 2 amide bonds. The van der Waals surface area contributed by atoms with Crippen molar-refractivity contribution >= 4 is 29.1 Å². The highest BCUT2D eigenvalue weighted by Gasteiger charge is 2.60. The second kappa shape index (κ2) is 13.5. The van der Waals surface area contributed by atoms with E-state index in [4.69, 9.17) is 18.9 Å². The summed E-state index contributed by atoms with van der Waals surface area (Å²) < 4.78 is 22.9. The van der Waals surface area contributed by atoms with E-state index in [2.05, 4.69) is 5.32 Å². The molecule has 1 aromatic carbocycles. The number of thiophene rings is 1. The van der Waals surface area contributed by atoms with Crippen molar-refractivity contribution < 1.29 is 33.3 Å². The molecule has 1 N–H and O–H groups in total. The van der Waals surface area contributed by atoms with Gasteiger partial charge in [-0.15, -0.1) is 11.3 Å². The van der Waals surface area contributed by atoms with Gasteiger partial charge in [0.15, 0.2) is 11.5 Å². The minimum Gasteiger partial charge on any atom is -0.493 e. The van der Waals surface area contributed by atoms with Crippen LogP contribution in [0.3, 0.4) is 0 Å². The molecule has 1 saturated carbocycles. The summed E-state index contributed by atoms with van der Waals surface area (Å²) in [5.41, 5.74) is 0.405. The monoisotopic (exact) mass is 610 g/mol. The summed E-state index contributed by atoms with van der Waals surface area (Å²) in [6.45, 7) is 2.63. The molecule has 2 aromatic rings. The van der Waals surface area contributed by atoms with Gasteiger partial charge in [0, 0.05) is 29.5 Å². The van der Waals surface area contributed by atoms with Crippen molar-refractivity contribution in [3.63, 3.8) is 0 Å². The van der Waals surface area contributed by atoms with E-state index < -0.39 is 23.4 Å². The molecule has 2 aliphatic heterocycles. The number of carbonyl (C=O) groups is 3. The zero-order valence-corrected chi connectivity index (χ0v) is 26.2. The number of rotatable bonds is 11. The van der Waals surface area contributed by atoms with Crippen LogP contribution < -0.4 is 14.8 Å². The maximum absolute atomic E-state index is 14.3. The molecular weight excluding hydrogens is 568 g/mol. The van der Waals surface area contributed by atoms with Crippen LogP contribution in [0.5, 0.6) is 11.5 Å². The Morgan fingerprint density at radius 1 is 1.12 bits per heavy atom. The van der Waals surface area contributed by atoms with Gasteiger partial charge in [0.05, 0.1) is 40.1 Å². The number of ether oxygens (including phenoxy) is 4. The number of nitrogens with zero attached hydrogens (tertiary/aromatic N) is 1. The Morgan fingerprint density at radius 3 is 2.56 bits per heavy atom. The van der Waals surface area contributed by atoms with E-state index in [1.165, 1.54) is 7.11 Å². The van der Waals surface area contributed by atoms with E-state index in [9.17, 15) is 14.4 Å². The second-order valence-corrected chi connectivity index (χ2v) is 12.7. The normalized spacial score (nSPS) is 25.6. The summed E-state index contributed by atoms with van der Waals surface area (Å²) in [7, 11) is 4.55. The van der Waals surface area contributed by atoms with Crippen LogP contribution in [0.4, 0.5) is 0 Å². The summed E-state index contributed by atoms with van der Waals surface area (Å²) in [6, 6.07) is 9.58. The fraction of sp³-hybridized carbons (Fsp3) is 0.545. The molecule has 10 heteroatoms. The van der Waals surface area contributed by atoms with E-state index in [0.717, 1.165) is 36.1 Å². The molecule has 5 rings (SSSR count). The van der Waals surface area contributed by atoms with Gasteiger partial charge in [-0.1, -0.05) is 25.0 Å². The molecule has 0 radical (unpaired) electrons. The van der Waals surface area contributed by atoms with Crippen molar-refractivity contribution in [1.82, 2.24) is 10.2 Å². The predicted molar refractivity (Wildman–Crippen MR) is 163 cm³/mol. The van der Waals surface area contributed by atoms with Crippen LogP contribution in [-0.4, -0.2) is 62.8 Å². The molecule has 43 heavy (non-hydrogen) atoms. The lowest BCUT2D eigenvalue weighted by atomic mass is 9.66. The van der Waals surface area contributed by atoms with E-state index in [-0.39, 0.29) is 30.8 Å². The Kier molecular flexibility index (Phi) is 9.76. The summed E-state index contributed by atoms with van der Waals surface area (Å²) in [5.74, 6) is 0.0365. The summed E-state index contributed by atoms with van der Waals surface area (Å²) in [5, 5.41) is 4.90. The molecular formula is C33H42N2O7S. The number of piperidine rings is 1. The Balaban J connectivity index is 1.47. The lowest BCUT2D eigenvalue weighted by Gasteiger charge is -2.52. The Morgan fingerprint density at radius 2 is 1.88 bits per heavy atom. The highest BCUT2D eigenvalue weighted by molar-refractivity contribution is 7.09. The SMILES string of the molecule is COC(=O)[C@]12C[C@H](CC(=O)NCc3cccs3)C(=O)N(CCc3ccc(OC)c(OC)c3)C1=C[C@H](C1CCCC1)O[C@@H]2C. The standard InChI is InChI=1S/C33H42N2O7S/c1-21-33(32(38)41-4)19-24(17-30(36)34-20-25-10-7-15-43-25)31(37)35(29(33)18-27(42-21)23-8-5-6-9-23)14-13-22-11-12-26(39-2)28(16-22)40-3/h7,10-12,15-16,18,21,23-24,27H,5-6,8-9,13-14,17,19-20H2,1-4H3,(H,34,36)/t21-,24+,27-,33+/m1/s1. The molecule has 3 aliphatic rings. The quantitative estimate of drug-likeness (QED) is 0.362. The van der Waals surface area contributed by atoms with Crippen LogP contribution in [0, 0.1) is 17.3 Å². The second-order valence-electron chi connectivity index (χ2n) is 11.7. The molecule has 1 saturated heterocycles. The number of methoxy groups -OCH3 is 3. The van der Waals surface area contributed by atoms with Gasteiger partial charge in [0.25, 0.3) is 0 Å². The number of fused-ring (bicyclic) bond motifs is 1. The molecule has 3 heterocycles. The van der Waals surface area contributed by atoms with Gasteiger partial charge >= 0.3 is 5.97 Å². The first-order valence-electron chi connectivity index (χ1n) is 15.1. The van der Waals surface area contributed by atoms with Gasteiger partial charge in [-0.2, -0.15) is 0 Å². The van der Waals surface area contributed by atoms with E-state index in [1.54, 1.807) is 30.5 Å². The molecule has 232 valence electrons. The van der Waals surface area contributed by atoms with Crippen LogP contribution in [0.25, 0.3) is 0 Å². The summed E-state index contributed by atoms with van der Waals surface area (Å²) >= 11 is 1.56. The molecule has 0 spiro atoms. The minimum atomic E-state index is -1.20. The average Bonchev–Trinajstić information content (AvgIpc) is 3.75. The van der Waals surface area contributed by atoms with Crippen LogP contribution >= 0.6 is 11.3 Å². The van der Waals surface area contributed by atoms with Gasteiger partial charge < -0.3 is 29.2 Å². The lowest BCUT2D eigenvalue weighted by Crippen LogP contribution is -2.61. The highest BCUT2D eigenvalue weighted by Crippen LogP contribution is 2.51. The zero-order valence-electron chi connectivity index (χ0n) is 25.4. The number of benzene rings is 1. The topological polar surface area (TPSA) is 103 Å². The van der Waals surface area contributed by atoms with Crippen LogP contribution in [0.1, 0.15) is 55.9 Å². The smallest absolute Gasteiger partial charge is 0.320 e. The molecule has 9 nitrogen and oxygen atoms in total. The minimum absolute atomic E-state index is 0.0259. The van der Waals surface area contributed by atoms with Gasteiger partial charge in [-0.05, 0) is 73.7 Å². The molecule has 0 bridgehead atoms. The van der Waals surface area contributed by atoms with Crippen molar-refractivity contribution in [2.24, 2.45) is 17.3 Å². The molecule has 1 aliphatic carbocycles. The van der Waals surface area contributed by atoms with Crippen molar-refractivity contribution in [2.75, 3.05) is 27.9 Å². The number of likely N-dealkylation sites (tertiary alicyclic amines) is 1. The van der Waals surface area contributed by atoms with Crippen molar-refractivity contribution in [1.29, 1.82) is 0 Å². The Labute approximate surface area is 257 Å². The van der Waals surface area contributed by atoms with E-state index >= 15 is 0 Å². The van der Waals surface area contributed by atoms with E-state index in [1.807, 2.05) is 48.7 Å². The highest BCUT2D eigenvalue weighted by atomic mass is 32.1. The van der Waals surface area contributed by atoms with Gasteiger partial charge in [0.2, 0.25) is 11.8 Å².